The van der Waals surface area contributed by atoms with Crippen molar-refractivity contribution < 1.29 is 19.1 Å². The average Bonchev–Trinajstić information content (AvgIpc) is 3.15. The van der Waals surface area contributed by atoms with E-state index >= 15 is 0 Å². The van der Waals surface area contributed by atoms with Gasteiger partial charge in [-0.3, -0.25) is 9.59 Å². The van der Waals surface area contributed by atoms with Crippen LogP contribution in [0, 0.1) is 5.92 Å². The number of ether oxygens (including phenoxy) is 2. The summed E-state index contributed by atoms with van der Waals surface area (Å²) >= 11 is 6.53. The molecule has 1 heterocycles. The third-order valence-electron chi connectivity index (χ3n) is 5.75. The topological polar surface area (TPSA) is 70.4 Å². The highest BCUT2D eigenvalue weighted by molar-refractivity contribution is 6.76. The first-order valence-electron chi connectivity index (χ1n) is 11.2. The molecule has 0 saturated heterocycles. The van der Waals surface area contributed by atoms with Crippen molar-refractivity contribution in [3.63, 3.8) is 0 Å². The first-order valence-corrected chi connectivity index (χ1v) is 15.3. The second-order valence-corrected chi connectivity index (χ2v) is 15.6. The Labute approximate surface area is 195 Å². The average molecular weight is 477 g/mol. The molecule has 1 aromatic heterocycles. The zero-order chi connectivity index (χ0) is 23.5. The van der Waals surface area contributed by atoms with Crippen LogP contribution in [0.4, 0.5) is 0 Å². The maximum absolute atomic E-state index is 12.5. The van der Waals surface area contributed by atoms with Crippen LogP contribution in [0.1, 0.15) is 49.0 Å². The highest BCUT2D eigenvalue weighted by Crippen LogP contribution is 2.38. The van der Waals surface area contributed by atoms with E-state index in [0.29, 0.717) is 55.3 Å². The molecular weight excluding hydrogens is 444 g/mol. The smallest absolute Gasteiger partial charge is 0.309 e. The van der Waals surface area contributed by atoms with Crippen LogP contribution in [-0.2, 0) is 21.0 Å². The summed E-state index contributed by atoms with van der Waals surface area (Å²) in [7, 11) is -1.16. The SMILES string of the molecule is CCOC(=O)C1CC=C(c2c(C(C)=O)cc(Cl)c3cn(COCC[Si](C)(C)C)nc23)CC1. The van der Waals surface area contributed by atoms with Gasteiger partial charge in [-0.05, 0) is 50.8 Å². The standard InChI is InChI=1S/C24H33ClN2O4Si/c1-6-31-24(29)18-9-7-17(8-10-18)22-19(16(2)28)13-21(25)20-14-27(26-23(20)22)15-30-11-12-32(3,4)5/h7,13-14,18H,6,8-12,15H2,1-5H3. The predicted octanol–water partition coefficient (Wildman–Crippen LogP) is 5.95. The van der Waals surface area contributed by atoms with Gasteiger partial charge in [0.25, 0.3) is 0 Å². The minimum absolute atomic E-state index is 0.0573. The fraction of sp³-hybridized carbons (Fsp3) is 0.542. The Morgan fingerprint density at radius 1 is 1.31 bits per heavy atom. The quantitative estimate of drug-likeness (QED) is 0.193. The van der Waals surface area contributed by atoms with Crippen molar-refractivity contribution in [3.05, 3.63) is 34.5 Å². The van der Waals surface area contributed by atoms with Crippen LogP contribution in [-0.4, -0.2) is 42.8 Å². The lowest BCUT2D eigenvalue weighted by Crippen LogP contribution is -2.22. The molecule has 1 aromatic carbocycles. The molecular formula is C24H33ClN2O4Si. The number of rotatable bonds is 9. The summed E-state index contributed by atoms with van der Waals surface area (Å²) in [6.07, 6.45) is 5.89. The summed E-state index contributed by atoms with van der Waals surface area (Å²) in [6.45, 7) is 11.7. The van der Waals surface area contributed by atoms with Crippen molar-refractivity contribution >= 4 is 47.9 Å². The molecule has 3 rings (SSSR count). The van der Waals surface area contributed by atoms with E-state index in [0.717, 1.165) is 22.6 Å². The van der Waals surface area contributed by atoms with Gasteiger partial charge in [-0.1, -0.05) is 37.3 Å². The molecule has 0 spiro atoms. The van der Waals surface area contributed by atoms with Crippen LogP contribution >= 0.6 is 11.6 Å². The maximum atomic E-state index is 12.5. The number of hydrogen-bond donors (Lipinski definition) is 0. The summed E-state index contributed by atoms with van der Waals surface area (Å²) in [5.74, 6) is -0.353. The van der Waals surface area contributed by atoms with E-state index in [1.807, 2.05) is 19.2 Å². The number of aromatic nitrogens is 2. The maximum Gasteiger partial charge on any atom is 0.309 e. The number of ketones is 1. The van der Waals surface area contributed by atoms with Gasteiger partial charge in [-0.25, -0.2) is 4.68 Å². The number of halogens is 1. The van der Waals surface area contributed by atoms with Gasteiger partial charge in [0.2, 0.25) is 0 Å². The Morgan fingerprint density at radius 3 is 2.66 bits per heavy atom. The Bertz CT molecular complexity index is 1040. The van der Waals surface area contributed by atoms with E-state index < -0.39 is 8.07 Å². The fourth-order valence-corrected chi connectivity index (χ4v) is 4.93. The van der Waals surface area contributed by atoms with Crippen LogP contribution in [0.3, 0.4) is 0 Å². The molecule has 1 atom stereocenters. The molecule has 0 amide bonds. The number of carbonyl (C=O) groups excluding carboxylic acids is 2. The van der Waals surface area contributed by atoms with Crippen molar-refractivity contribution in [2.75, 3.05) is 13.2 Å². The van der Waals surface area contributed by atoms with Crippen molar-refractivity contribution in [3.8, 4) is 0 Å². The predicted molar refractivity (Wildman–Crippen MR) is 131 cm³/mol. The Kier molecular flexibility index (Phi) is 7.95. The molecule has 6 nitrogen and oxygen atoms in total. The van der Waals surface area contributed by atoms with Crippen molar-refractivity contribution in [2.24, 2.45) is 5.92 Å². The van der Waals surface area contributed by atoms with E-state index in [2.05, 4.69) is 19.6 Å². The molecule has 0 fully saturated rings. The molecule has 2 aromatic rings. The minimum atomic E-state index is -1.16. The van der Waals surface area contributed by atoms with Gasteiger partial charge in [-0.2, -0.15) is 5.10 Å². The number of fused-ring (bicyclic) bond motifs is 1. The van der Waals surface area contributed by atoms with E-state index in [9.17, 15) is 9.59 Å². The highest BCUT2D eigenvalue weighted by atomic mass is 35.5. The van der Waals surface area contributed by atoms with E-state index in [1.54, 1.807) is 17.7 Å². The highest BCUT2D eigenvalue weighted by Gasteiger charge is 2.27. The summed E-state index contributed by atoms with van der Waals surface area (Å²) in [6, 6.07) is 2.82. The third kappa shape index (κ3) is 5.88. The number of benzene rings is 1. The zero-order valence-corrected chi connectivity index (χ0v) is 21.4. The fourth-order valence-electron chi connectivity index (χ4n) is 3.93. The molecule has 32 heavy (non-hydrogen) atoms. The number of Topliss-reactive ketones (excluding diaryl/α,β-unsaturated/α-hetero) is 1. The largest absolute Gasteiger partial charge is 0.466 e. The first kappa shape index (κ1) is 24.7. The summed E-state index contributed by atoms with van der Waals surface area (Å²) in [5, 5.41) is 6.05. The van der Waals surface area contributed by atoms with Gasteiger partial charge in [0.15, 0.2) is 5.78 Å². The van der Waals surface area contributed by atoms with Crippen molar-refractivity contribution in [1.82, 2.24) is 9.78 Å². The monoisotopic (exact) mass is 476 g/mol. The first-order chi connectivity index (χ1) is 15.1. The van der Waals surface area contributed by atoms with Crippen molar-refractivity contribution in [1.29, 1.82) is 0 Å². The molecule has 1 unspecified atom stereocenters. The lowest BCUT2D eigenvalue weighted by Gasteiger charge is -2.22. The van der Waals surface area contributed by atoms with Gasteiger partial charge < -0.3 is 9.47 Å². The number of allylic oxidation sites excluding steroid dienone is 2. The van der Waals surface area contributed by atoms with Crippen molar-refractivity contribution in [2.45, 2.75) is 65.5 Å². The Hall–Kier alpha value is -1.96. The van der Waals surface area contributed by atoms with Gasteiger partial charge in [0.05, 0.1) is 17.5 Å². The normalized spacial score (nSPS) is 16.8. The second kappa shape index (κ2) is 10.3. The molecule has 0 radical (unpaired) electrons. The van der Waals surface area contributed by atoms with Crippen LogP contribution < -0.4 is 0 Å². The lowest BCUT2D eigenvalue weighted by atomic mass is 9.84. The molecule has 0 aliphatic heterocycles. The number of hydrogen-bond acceptors (Lipinski definition) is 5. The number of carbonyl (C=O) groups is 2. The molecule has 0 saturated carbocycles. The summed E-state index contributed by atoms with van der Waals surface area (Å²) in [5.41, 5.74) is 3.12. The molecule has 0 N–H and O–H groups in total. The molecule has 8 heteroatoms. The minimum Gasteiger partial charge on any atom is -0.466 e. The van der Waals surface area contributed by atoms with Gasteiger partial charge in [0, 0.05) is 37.4 Å². The van der Waals surface area contributed by atoms with E-state index in [1.165, 1.54) is 0 Å². The molecule has 1 aliphatic carbocycles. The summed E-state index contributed by atoms with van der Waals surface area (Å²) < 4.78 is 12.8. The van der Waals surface area contributed by atoms with Crippen LogP contribution in [0.5, 0.6) is 0 Å². The van der Waals surface area contributed by atoms with Crippen LogP contribution in [0.25, 0.3) is 16.5 Å². The Morgan fingerprint density at radius 2 is 2.06 bits per heavy atom. The Balaban J connectivity index is 1.91. The van der Waals surface area contributed by atoms with Crippen LogP contribution in [0.15, 0.2) is 18.3 Å². The number of esters is 1. The van der Waals surface area contributed by atoms with E-state index in [-0.39, 0.29) is 17.7 Å². The van der Waals surface area contributed by atoms with Gasteiger partial charge in [-0.15, -0.1) is 0 Å². The lowest BCUT2D eigenvalue weighted by molar-refractivity contribution is -0.148. The van der Waals surface area contributed by atoms with E-state index in [4.69, 9.17) is 26.2 Å². The van der Waals surface area contributed by atoms with Gasteiger partial charge >= 0.3 is 5.97 Å². The third-order valence-corrected chi connectivity index (χ3v) is 7.76. The molecule has 174 valence electrons. The molecule has 1 aliphatic rings. The number of nitrogens with zero attached hydrogens (tertiary/aromatic N) is 2. The molecule has 0 bridgehead atoms. The summed E-state index contributed by atoms with van der Waals surface area (Å²) in [4.78, 5) is 24.6. The van der Waals surface area contributed by atoms with Gasteiger partial charge in [0.1, 0.15) is 12.2 Å². The zero-order valence-electron chi connectivity index (χ0n) is 19.7. The second-order valence-electron chi connectivity index (χ2n) is 9.57. The van der Waals surface area contributed by atoms with Crippen LogP contribution in [0.2, 0.25) is 30.7 Å².